The zero-order chi connectivity index (χ0) is 8.84. The fraction of sp³-hybridized carbons (Fsp3) is 0.364. The van der Waals surface area contributed by atoms with E-state index in [0.717, 1.165) is 0 Å². The van der Waals surface area contributed by atoms with Crippen LogP contribution in [0.15, 0.2) is 36.5 Å². The molecule has 0 saturated carbocycles. The summed E-state index contributed by atoms with van der Waals surface area (Å²) in [6, 6.07) is 0.226. The number of rotatable bonds is 0. The van der Waals surface area contributed by atoms with Crippen LogP contribution in [0.4, 0.5) is 0 Å². The molecule has 66 valence electrons. The van der Waals surface area contributed by atoms with Gasteiger partial charge in [-0.05, 0) is 0 Å². The lowest BCUT2D eigenvalue weighted by Crippen LogP contribution is -2.55. The van der Waals surface area contributed by atoms with E-state index in [-0.39, 0.29) is 17.9 Å². The lowest BCUT2D eigenvalue weighted by molar-refractivity contribution is -0.128. The number of hydrogen-bond donors (Lipinski definition) is 1. The van der Waals surface area contributed by atoms with Crippen molar-refractivity contribution in [1.29, 1.82) is 0 Å². The van der Waals surface area contributed by atoms with Crippen molar-refractivity contribution >= 4 is 5.91 Å². The van der Waals surface area contributed by atoms with Crippen LogP contribution in [0.3, 0.4) is 0 Å². The van der Waals surface area contributed by atoms with Crippen LogP contribution < -0.4 is 5.32 Å². The fourth-order valence-electron chi connectivity index (χ4n) is 2.38. The summed E-state index contributed by atoms with van der Waals surface area (Å²) in [5.41, 5.74) is 0. The lowest BCUT2D eigenvalue weighted by Gasteiger charge is -2.44. The number of carbonyl (C=O) groups is 1. The summed E-state index contributed by atoms with van der Waals surface area (Å²) in [6.07, 6.45) is 12.4. The van der Waals surface area contributed by atoms with Crippen molar-refractivity contribution < 1.29 is 4.79 Å². The second-order valence-corrected chi connectivity index (χ2v) is 3.87. The Bertz CT molecular complexity index is 340. The first-order chi connectivity index (χ1) is 6.36. The zero-order valence-corrected chi connectivity index (χ0v) is 7.18. The highest BCUT2D eigenvalue weighted by Gasteiger charge is 2.43. The van der Waals surface area contributed by atoms with E-state index < -0.39 is 0 Å². The van der Waals surface area contributed by atoms with Crippen molar-refractivity contribution in [3.05, 3.63) is 36.5 Å². The first-order valence-electron chi connectivity index (χ1n) is 4.70. The van der Waals surface area contributed by atoms with Crippen molar-refractivity contribution in [2.75, 3.05) is 0 Å². The Kier molecular flexibility index (Phi) is 1.29. The van der Waals surface area contributed by atoms with Gasteiger partial charge in [-0.15, -0.1) is 0 Å². The third-order valence-corrected chi connectivity index (χ3v) is 3.19. The average molecular weight is 173 g/mol. The van der Waals surface area contributed by atoms with Crippen LogP contribution in [0.2, 0.25) is 0 Å². The molecule has 0 radical (unpaired) electrons. The van der Waals surface area contributed by atoms with E-state index in [1.165, 1.54) is 0 Å². The maximum atomic E-state index is 11.6. The molecule has 1 aliphatic carbocycles. The Balaban J connectivity index is 2.07. The third-order valence-electron chi connectivity index (χ3n) is 3.19. The SMILES string of the molecule is O=C1N[C@@H]2/C=C\C=C[C@H]1[C@@H]1C=C[C@@H]12. The van der Waals surface area contributed by atoms with E-state index in [4.69, 9.17) is 0 Å². The van der Waals surface area contributed by atoms with Crippen LogP contribution >= 0.6 is 0 Å². The molecular weight excluding hydrogens is 162 g/mol. The highest BCUT2D eigenvalue weighted by Crippen LogP contribution is 2.40. The molecule has 3 rings (SSSR count). The van der Waals surface area contributed by atoms with Gasteiger partial charge in [0.1, 0.15) is 0 Å². The second-order valence-electron chi connectivity index (χ2n) is 3.87. The summed E-state index contributed by atoms with van der Waals surface area (Å²) in [7, 11) is 0. The Morgan fingerprint density at radius 2 is 1.77 bits per heavy atom. The molecule has 2 nitrogen and oxygen atoms in total. The third kappa shape index (κ3) is 0.857. The number of piperidine rings is 1. The van der Waals surface area contributed by atoms with Gasteiger partial charge in [-0.3, -0.25) is 4.79 Å². The van der Waals surface area contributed by atoms with Gasteiger partial charge in [0, 0.05) is 11.8 Å². The van der Waals surface area contributed by atoms with E-state index in [1.54, 1.807) is 0 Å². The van der Waals surface area contributed by atoms with E-state index in [1.807, 2.05) is 18.2 Å². The minimum absolute atomic E-state index is 0.0659. The van der Waals surface area contributed by atoms with Crippen molar-refractivity contribution in [3.63, 3.8) is 0 Å². The molecule has 0 aromatic carbocycles. The Labute approximate surface area is 77.0 Å². The molecule has 0 aromatic heterocycles. The minimum atomic E-state index is 0.0659. The number of amides is 1. The molecule has 0 unspecified atom stereocenters. The maximum absolute atomic E-state index is 11.6. The molecular formula is C11H11NO. The number of carbonyl (C=O) groups excluding carboxylic acids is 1. The van der Waals surface area contributed by atoms with E-state index in [9.17, 15) is 4.79 Å². The quantitative estimate of drug-likeness (QED) is 0.545. The van der Waals surface area contributed by atoms with Crippen molar-refractivity contribution in [1.82, 2.24) is 5.32 Å². The average Bonchev–Trinajstić information content (AvgIpc) is 2.02. The summed E-state index contributed by atoms with van der Waals surface area (Å²) in [4.78, 5) is 11.6. The molecule has 3 aliphatic rings. The summed E-state index contributed by atoms with van der Waals surface area (Å²) in [5.74, 6) is 1.22. The van der Waals surface area contributed by atoms with E-state index in [2.05, 4.69) is 23.5 Å². The fourth-order valence-corrected chi connectivity index (χ4v) is 2.38. The zero-order valence-electron chi connectivity index (χ0n) is 7.18. The largest absolute Gasteiger partial charge is 0.349 e. The molecule has 2 aliphatic heterocycles. The molecule has 13 heavy (non-hydrogen) atoms. The van der Waals surface area contributed by atoms with Crippen molar-refractivity contribution in [2.45, 2.75) is 6.04 Å². The van der Waals surface area contributed by atoms with Crippen LogP contribution in [0.25, 0.3) is 0 Å². The molecule has 0 spiro atoms. The highest BCUT2D eigenvalue weighted by molar-refractivity contribution is 5.83. The topological polar surface area (TPSA) is 29.1 Å². The lowest BCUT2D eigenvalue weighted by atomic mass is 9.66. The predicted octanol–water partition coefficient (Wildman–Crippen LogP) is 1.03. The summed E-state index contributed by atoms with van der Waals surface area (Å²) < 4.78 is 0. The highest BCUT2D eigenvalue weighted by atomic mass is 16.2. The molecule has 2 heteroatoms. The number of hydrogen-bond acceptors (Lipinski definition) is 1. The van der Waals surface area contributed by atoms with Crippen molar-refractivity contribution in [2.24, 2.45) is 17.8 Å². The van der Waals surface area contributed by atoms with Gasteiger partial charge in [-0.1, -0.05) is 36.5 Å². The number of fused-ring (bicyclic) bond motifs is 6. The summed E-state index contributed by atoms with van der Waals surface area (Å²) >= 11 is 0. The van der Waals surface area contributed by atoms with Gasteiger partial charge in [0.15, 0.2) is 0 Å². The molecule has 1 fully saturated rings. The first kappa shape index (κ1) is 7.13. The van der Waals surface area contributed by atoms with Crippen LogP contribution in [0.1, 0.15) is 0 Å². The van der Waals surface area contributed by atoms with Crippen LogP contribution in [0.5, 0.6) is 0 Å². The molecule has 1 amide bonds. The first-order valence-corrected chi connectivity index (χ1v) is 4.70. The monoisotopic (exact) mass is 173 g/mol. The van der Waals surface area contributed by atoms with Crippen LogP contribution in [-0.4, -0.2) is 11.9 Å². The molecule has 2 heterocycles. The minimum Gasteiger partial charge on any atom is -0.349 e. The van der Waals surface area contributed by atoms with Crippen LogP contribution in [-0.2, 0) is 4.79 Å². The van der Waals surface area contributed by atoms with Gasteiger partial charge in [-0.2, -0.15) is 0 Å². The Morgan fingerprint density at radius 1 is 1.00 bits per heavy atom. The standard InChI is InChI=1S/C11H11NO/c13-11-9-3-1-2-4-10(12-11)8-6-5-7(8)9/h1-10H,(H,12,13)/b3-1?,4-2-/t7-,8+,9+,10-/m1/s1. The summed E-state index contributed by atoms with van der Waals surface area (Å²) in [6.45, 7) is 0. The van der Waals surface area contributed by atoms with E-state index >= 15 is 0 Å². The molecule has 1 N–H and O–H groups in total. The molecule has 1 saturated heterocycles. The second kappa shape index (κ2) is 2.34. The van der Waals surface area contributed by atoms with Gasteiger partial charge in [-0.25, -0.2) is 0 Å². The molecule has 4 atom stereocenters. The van der Waals surface area contributed by atoms with Crippen LogP contribution in [0, 0.1) is 17.8 Å². The molecule has 0 aromatic rings. The summed E-state index contributed by atoms with van der Waals surface area (Å²) in [5, 5.41) is 3.02. The van der Waals surface area contributed by atoms with Gasteiger partial charge in [0.25, 0.3) is 0 Å². The number of nitrogens with one attached hydrogen (secondary N) is 1. The van der Waals surface area contributed by atoms with Gasteiger partial charge in [0.05, 0.1) is 12.0 Å². The molecule has 2 bridgehead atoms. The van der Waals surface area contributed by atoms with Gasteiger partial charge < -0.3 is 5.32 Å². The smallest absolute Gasteiger partial charge is 0.228 e. The Morgan fingerprint density at radius 3 is 2.54 bits per heavy atom. The van der Waals surface area contributed by atoms with E-state index in [0.29, 0.717) is 11.8 Å². The maximum Gasteiger partial charge on any atom is 0.228 e. The number of allylic oxidation sites excluding steroid dienone is 3. The normalized spacial score (nSPS) is 47.2. The Hall–Kier alpha value is -1.31. The van der Waals surface area contributed by atoms with Gasteiger partial charge >= 0.3 is 0 Å². The van der Waals surface area contributed by atoms with Crippen molar-refractivity contribution in [3.8, 4) is 0 Å². The van der Waals surface area contributed by atoms with Gasteiger partial charge in [0.2, 0.25) is 5.91 Å². The predicted molar refractivity (Wildman–Crippen MR) is 49.8 cm³/mol.